The van der Waals surface area contributed by atoms with Crippen LogP contribution in [-0.4, -0.2) is 26.0 Å². The highest BCUT2D eigenvalue weighted by molar-refractivity contribution is 5.60. The number of hydrogen-bond donors (Lipinski definition) is 0. The van der Waals surface area contributed by atoms with Crippen LogP contribution >= 0.6 is 0 Å². The normalized spacial score (nSPS) is 17.4. The van der Waals surface area contributed by atoms with Gasteiger partial charge in [0.05, 0.1) is 18.6 Å². The van der Waals surface area contributed by atoms with Gasteiger partial charge in [-0.2, -0.15) is 0 Å². The van der Waals surface area contributed by atoms with Crippen LogP contribution in [0.5, 0.6) is 0 Å². The zero-order valence-corrected chi connectivity index (χ0v) is 11.1. The predicted molar refractivity (Wildman–Crippen MR) is 71.6 cm³/mol. The molecule has 0 spiro atoms. The van der Waals surface area contributed by atoms with E-state index in [0.29, 0.717) is 26.4 Å². The Morgan fingerprint density at radius 2 is 2.16 bits per heavy atom. The first kappa shape index (κ1) is 13.6. The lowest BCUT2D eigenvalue weighted by Crippen LogP contribution is -2.40. The smallest absolute Gasteiger partial charge is 0.433 e. The minimum absolute atomic E-state index is 0.274. The second-order valence-corrected chi connectivity index (χ2v) is 5.08. The summed E-state index contributed by atoms with van der Waals surface area (Å²) in [5, 5.41) is 0. The maximum atomic E-state index is 10.8. The van der Waals surface area contributed by atoms with Gasteiger partial charge >= 0.3 is 6.16 Å². The molecule has 0 amide bonds. The molecule has 1 saturated heterocycles. The van der Waals surface area contributed by atoms with Crippen molar-refractivity contribution in [2.45, 2.75) is 13.5 Å². The van der Waals surface area contributed by atoms with Crippen LogP contribution in [0.15, 0.2) is 30.8 Å². The Morgan fingerprint density at radius 3 is 2.84 bits per heavy atom. The van der Waals surface area contributed by atoms with E-state index in [1.807, 2.05) is 31.2 Å². The minimum atomic E-state index is -0.601. The summed E-state index contributed by atoms with van der Waals surface area (Å²) in [6.45, 7) is 7.38. The van der Waals surface area contributed by atoms with Gasteiger partial charge in [-0.05, 0) is 17.2 Å². The van der Waals surface area contributed by atoms with Gasteiger partial charge in [0.25, 0.3) is 0 Å². The Balaban J connectivity index is 1.82. The van der Waals surface area contributed by atoms with E-state index in [0.717, 1.165) is 11.1 Å². The van der Waals surface area contributed by atoms with Gasteiger partial charge in [0.2, 0.25) is 0 Å². The van der Waals surface area contributed by atoms with Gasteiger partial charge in [0.1, 0.15) is 13.2 Å². The van der Waals surface area contributed by atoms with Crippen molar-refractivity contribution in [1.82, 2.24) is 0 Å². The van der Waals surface area contributed by atoms with E-state index in [9.17, 15) is 4.79 Å². The summed E-state index contributed by atoms with van der Waals surface area (Å²) in [7, 11) is 0. The Kier molecular flexibility index (Phi) is 4.22. The first-order valence-corrected chi connectivity index (χ1v) is 6.20. The lowest BCUT2D eigenvalue weighted by molar-refractivity contribution is -0.0876. The van der Waals surface area contributed by atoms with Crippen LogP contribution in [0.1, 0.15) is 18.1 Å². The van der Waals surface area contributed by atoms with Crippen molar-refractivity contribution in [2.24, 2.45) is 5.41 Å². The third-order valence-electron chi connectivity index (χ3n) is 2.98. The van der Waals surface area contributed by atoms with Gasteiger partial charge in [-0.25, -0.2) is 4.79 Å². The molecular weight excluding hydrogens is 244 g/mol. The van der Waals surface area contributed by atoms with Crippen LogP contribution in [0.4, 0.5) is 4.79 Å². The molecule has 102 valence electrons. The van der Waals surface area contributed by atoms with Crippen LogP contribution in [-0.2, 0) is 20.8 Å². The minimum Gasteiger partial charge on any atom is -0.433 e. The third kappa shape index (κ3) is 3.83. The van der Waals surface area contributed by atoms with Gasteiger partial charge in [-0.3, -0.25) is 0 Å². The lowest BCUT2D eigenvalue weighted by Gasteiger charge is -2.31. The largest absolute Gasteiger partial charge is 0.508 e. The van der Waals surface area contributed by atoms with Crippen molar-refractivity contribution in [3.05, 3.63) is 42.0 Å². The maximum absolute atomic E-state index is 10.8. The molecule has 1 aliphatic heterocycles. The summed E-state index contributed by atoms with van der Waals surface area (Å²) in [5.41, 5.74) is 1.89. The molecule has 1 fully saturated rings. The molecule has 0 radical (unpaired) electrons. The van der Waals surface area contributed by atoms with Crippen molar-refractivity contribution >= 4 is 12.2 Å². The molecule has 0 bridgehead atoms. The number of cyclic esters (lactones) is 2. The second-order valence-electron chi connectivity index (χ2n) is 5.08. The van der Waals surface area contributed by atoms with Gasteiger partial charge in [-0.15, -0.1) is 0 Å². The van der Waals surface area contributed by atoms with E-state index in [-0.39, 0.29) is 5.41 Å². The van der Waals surface area contributed by atoms with E-state index in [1.54, 1.807) is 6.08 Å². The number of rotatable bonds is 5. The zero-order valence-electron chi connectivity index (χ0n) is 11.1. The highest BCUT2D eigenvalue weighted by Crippen LogP contribution is 2.23. The predicted octanol–water partition coefficient (Wildman–Crippen LogP) is 3.02. The summed E-state index contributed by atoms with van der Waals surface area (Å²) in [5.74, 6) is 0. The Labute approximate surface area is 113 Å². The molecule has 0 N–H and O–H groups in total. The quantitative estimate of drug-likeness (QED) is 0.765. The van der Waals surface area contributed by atoms with Crippen molar-refractivity contribution in [3.63, 3.8) is 0 Å². The van der Waals surface area contributed by atoms with Gasteiger partial charge in [-0.1, -0.05) is 37.8 Å². The van der Waals surface area contributed by atoms with Crippen LogP contribution in [0.2, 0.25) is 0 Å². The van der Waals surface area contributed by atoms with Crippen molar-refractivity contribution in [1.29, 1.82) is 0 Å². The number of carbonyl (C=O) groups excluding carboxylic acids is 1. The molecule has 1 aromatic rings. The SMILES string of the molecule is C=Cc1cccc(COCC2(C)COC(=O)OC2)c1. The van der Waals surface area contributed by atoms with Crippen molar-refractivity contribution < 1.29 is 19.0 Å². The van der Waals surface area contributed by atoms with Crippen LogP contribution in [0.25, 0.3) is 6.08 Å². The topological polar surface area (TPSA) is 44.8 Å². The van der Waals surface area contributed by atoms with Gasteiger partial charge in [0.15, 0.2) is 0 Å². The monoisotopic (exact) mass is 262 g/mol. The summed E-state index contributed by atoms with van der Waals surface area (Å²) in [4.78, 5) is 10.8. The summed E-state index contributed by atoms with van der Waals surface area (Å²) in [6, 6.07) is 8.01. The van der Waals surface area contributed by atoms with E-state index in [2.05, 4.69) is 6.58 Å². The molecule has 1 aromatic carbocycles. The zero-order chi connectivity index (χ0) is 13.7. The highest BCUT2D eigenvalue weighted by atomic mass is 16.7. The van der Waals surface area contributed by atoms with Crippen LogP contribution in [0, 0.1) is 5.41 Å². The Hall–Kier alpha value is -1.81. The molecule has 1 aliphatic rings. The summed E-state index contributed by atoms with van der Waals surface area (Å²) >= 11 is 0. The molecule has 0 aliphatic carbocycles. The second kappa shape index (κ2) is 5.89. The molecule has 0 unspecified atom stereocenters. The standard InChI is InChI=1S/C15H18O4/c1-3-12-5-4-6-13(7-12)8-17-9-15(2)10-18-14(16)19-11-15/h3-7H,1,8-11H2,2H3. The number of hydrogen-bond acceptors (Lipinski definition) is 4. The molecule has 2 rings (SSSR count). The lowest BCUT2D eigenvalue weighted by atomic mass is 9.94. The molecule has 0 atom stereocenters. The van der Waals surface area contributed by atoms with Crippen LogP contribution < -0.4 is 0 Å². The number of ether oxygens (including phenoxy) is 3. The fourth-order valence-electron chi connectivity index (χ4n) is 1.86. The van der Waals surface area contributed by atoms with E-state index in [4.69, 9.17) is 14.2 Å². The summed E-state index contributed by atoms with van der Waals surface area (Å²) in [6.07, 6.45) is 1.20. The first-order valence-electron chi connectivity index (χ1n) is 6.20. The molecule has 4 nitrogen and oxygen atoms in total. The Bertz CT molecular complexity index is 457. The fraction of sp³-hybridized carbons (Fsp3) is 0.400. The van der Waals surface area contributed by atoms with E-state index >= 15 is 0 Å². The maximum Gasteiger partial charge on any atom is 0.508 e. The summed E-state index contributed by atoms with van der Waals surface area (Å²) < 4.78 is 15.4. The molecule has 19 heavy (non-hydrogen) atoms. The van der Waals surface area contributed by atoms with Gasteiger partial charge in [0, 0.05) is 0 Å². The van der Waals surface area contributed by atoms with E-state index in [1.165, 1.54) is 0 Å². The average Bonchev–Trinajstić information content (AvgIpc) is 2.43. The van der Waals surface area contributed by atoms with Crippen molar-refractivity contribution in [2.75, 3.05) is 19.8 Å². The third-order valence-corrected chi connectivity index (χ3v) is 2.98. The molecular formula is C15H18O4. The highest BCUT2D eigenvalue weighted by Gasteiger charge is 2.33. The number of carbonyl (C=O) groups is 1. The fourth-order valence-corrected chi connectivity index (χ4v) is 1.86. The molecule has 4 heteroatoms. The molecule has 0 saturated carbocycles. The van der Waals surface area contributed by atoms with Crippen LogP contribution in [0.3, 0.4) is 0 Å². The molecule has 1 heterocycles. The van der Waals surface area contributed by atoms with Gasteiger partial charge < -0.3 is 14.2 Å². The first-order chi connectivity index (χ1) is 9.11. The molecule has 0 aromatic heterocycles. The van der Waals surface area contributed by atoms with E-state index < -0.39 is 6.16 Å². The Morgan fingerprint density at radius 1 is 1.42 bits per heavy atom. The van der Waals surface area contributed by atoms with Crippen molar-refractivity contribution in [3.8, 4) is 0 Å². The number of benzene rings is 1. The average molecular weight is 262 g/mol.